The molecule has 0 aromatic heterocycles. The SMILES string of the molecule is Oc1cc2c(cc1O)CCN(c1ccccc1S)CC2. The van der Waals surface area contributed by atoms with E-state index in [1.807, 2.05) is 18.2 Å². The molecule has 2 aromatic rings. The molecule has 1 aliphatic heterocycles. The summed E-state index contributed by atoms with van der Waals surface area (Å²) in [5, 5.41) is 19.2. The van der Waals surface area contributed by atoms with Crippen molar-refractivity contribution in [2.24, 2.45) is 0 Å². The Morgan fingerprint density at radius 3 is 2.00 bits per heavy atom. The maximum atomic E-state index is 9.62. The summed E-state index contributed by atoms with van der Waals surface area (Å²) < 4.78 is 0. The van der Waals surface area contributed by atoms with Gasteiger partial charge in [-0.25, -0.2) is 0 Å². The van der Waals surface area contributed by atoms with E-state index >= 15 is 0 Å². The highest BCUT2D eigenvalue weighted by atomic mass is 32.1. The Labute approximate surface area is 123 Å². The van der Waals surface area contributed by atoms with Crippen LogP contribution < -0.4 is 4.90 Å². The lowest BCUT2D eigenvalue weighted by atomic mass is 10.0. The zero-order chi connectivity index (χ0) is 14.1. The standard InChI is InChI=1S/C16H17NO2S/c18-14-9-11-5-7-17(8-6-12(11)10-15(14)19)13-3-1-2-4-16(13)20/h1-4,9-10,18-20H,5-8H2. The van der Waals surface area contributed by atoms with E-state index in [4.69, 9.17) is 0 Å². The highest BCUT2D eigenvalue weighted by Crippen LogP contribution is 2.32. The summed E-state index contributed by atoms with van der Waals surface area (Å²) in [5.41, 5.74) is 3.36. The number of aromatic hydroxyl groups is 2. The van der Waals surface area contributed by atoms with E-state index in [9.17, 15) is 10.2 Å². The molecular weight excluding hydrogens is 270 g/mol. The molecule has 3 rings (SSSR count). The number of phenols is 2. The van der Waals surface area contributed by atoms with Crippen molar-refractivity contribution in [2.75, 3.05) is 18.0 Å². The Hall–Kier alpha value is -1.81. The second-order valence-electron chi connectivity index (χ2n) is 5.09. The van der Waals surface area contributed by atoms with Gasteiger partial charge in [-0.3, -0.25) is 0 Å². The summed E-state index contributed by atoms with van der Waals surface area (Å²) >= 11 is 4.52. The quantitative estimate of drug-likeness (QED) is 0.558. The van der Waals surface area contributed by atoms with Gasteiger partial charge in [0, 0.05) is 18.0 Å². The second kappa shape index (κ2) is 5.29. The van der Waals surface area contributed by atoms with Gasteiger partial charge in [-0.05, 0) is 48.2 Å². The van der Waals surface area contributed by atoms with Crippen molar-refractivity contribution < 1.29 is 10.2 Å². The molecule has 0 atom stereocenters. The minimum atomic E-state index is -0.0354. The van der Waals surface area contributed by atoms with Crippen molar-refractivity contribution in [3.8, 4) is 11.5 Å². The third kappa shape index (κ3) is 2.43. The van der Waals surface area contributed by atoms with Crippen molar-refractivity contribution in [3.63, 3.8) is 0 Å². The third-order valence-corrected chi connectivity index (χ3v) is 4.20. The summed E-state index contributed by atoms with van der Waals surface area (Å²) in [6.07, 6.45) is 1.70. The van der Waals surface area contributed by atoms with E-state index < -0.39 is 0 Å². The molecule has 0 saturated carbocycles. The topological polar surface area (TPSA) is 43.7 Å². The average molecular weight is 287 g/mol. The Bertz CT molecular complexity index is 609. The molecule has 0 unspecified atom stereocenters. The third-order valence-electron chi connectivity index (χ3n) is 3.82. The lowest BCUT2D eigenvalue weighted by Crippen LogP contribution is -2.26. The number of anilines is 1. The van der Waals surface area contributed by atoms with Gasteiger partial charge in [-0.15, -0.1) is 12.6 Å². The first-order chi connectivity index (χ1) is 9.65. The fourth-order valence-electron chi connectivity index (χ4n) is 2.72. The summed E-state index contributed by atoms with van der Waals surface area (Å²) in [7, 11) is 0. The number of fused-ring (bicyclic) bond motifs is 1. The molecule has 0 saturated heterocycles. The first kappa shape index (κ1) is 13.2. The number of hydrogen-bond acceptors (Lipinski definition) is 4. The summed E-state index contributed by atoms with van der Waals surface area (Å²) in [5.74, 6) is -0.0707. The van der Waals surface area contributed by atoms with Gasteiger partial charge in [-0.1, -0.05) is 12.1 Å². The Balaban J connectivity index is 1.88. The number of para-hydroxylation sites is 1. The van der Waals surface area contributed by atoms with Gasteiger partial charge in [0.15, 0.2) is 11.5 Å². The molecule has 1 heterocycles. The van der Waals surface area contributed by atoms with Crippen LogP contribution in [0.25, 0.3) is 0 Å². The van der Waals surface area contributed by atoms with Crippen LogP contribution in [0.5, 0.6) is 11.5 Å². The van der Waals surface area contributed by atoms with E-state index in [-0.39, 0.29) is 11.5 Å². The predicted octanol–water partition coefficient (Wildman–Crippen LogP) is 2.99. The number of rotatable bonds is 1. The lowest BCUT2D eigenvalue weighted by Gasteiger charge is -2.24. The fraction of sp³-hybridized carbons (Fsp3) is 0.250. The summed E-state index contributed by atoms with van der Waals surface area (Å²) in [4.78, 5) is 3.28. The van der Waals surface area contributed by atoms with E-state index in [2.05, 4.69) is 23.6 Å². The normalized spacial score (nSPS) is 14.8. The Morgan fingerprint density at radius 1 is 0.900 bits per heavy atom. The molecule has 0 bridgehead atoms. The van der Waals surface area contributed by atoms with Crippen LogP contribution in [-0.2, 0) is 12.8 Å². The second-order valence-corrected chi connectivity index (χ2v) is 5.57. The number of phenolic OH excluding ortho intramolecular Hbond substituents is 2. The zero-order valence-electron chi connectivity index (χ0n) is 11.1. The molecular formula is C16H17NO2S. The largest absolute Gasteiger partial charge is 0.504 e. The molecule has 1 aliphatic rings. The molecule has 0 spiro atoms. The molecule has 4 heteroatoms. The number of thiol groups is 1. The minimum absolute atomic E-state index is 0.0354. The zero-order valence-corrected chi connectivity index (χ0v) is 12.0. The molecule has 3 nitrogen and oxygen atoms in total. The summed E-state index contributed by atoms with van der Waals surface area (Å²) in [6.45, 7) is 1.77. The van der Waals surface area contributed by atoms with Crippen LogP contribution in [0.1, 0.15) is 11.1 Å². The minimum Gasteiger partial charge on any atom is -0.504 e. The average Bonchev–Trinajstić information content (AvgIpc) is 2.63. The first-order valence-corrected chi connectivity index (χ1v) is 7.16. The van der Waals surface area contributed by atoms with Gasteiger partial charge in [-0.2, -0.15) is 0 Å². The molecule has 0 aliphatic carbocycles. The van der Waals surface area contributed by atoms with Crippen molar-refractivity contribution in [1.82, 2.24) is 0 Å². The van der Waals surface area contributed by atoms with Gasteiger partial charge in [0.25, 0.3) is 0 Å². The van der Waals surface area contributed by atoms with Crippen LogP contribution >= 0.6 is 12.6 Å². The Kier molecular flexibility index (Phi) is 3.49. The number of benzene rings is 2. The van der Waals surface area contributed by atoms with Crippen LogP contribution in [0.4, 0.5) is 5.69 Å². The van der Waals surface area contributed by atoms with Crippen molar-refractivity contribution in [1.29, 1.82) is 0 Å². The van der Waals surface area contributed by atoms with Crippen LogP contribution in [0, 0.1) is 0 Å². The highest BCUT2D eigenvalue weighted by molar-refractivity contribution is 7.80. The smallest absolute Gasteiger partial charge is 0.157 e. The van der Waals surface area contributed by atoms with Crippen molar-refractivity contribution in [2.45, 2.75) is 17.7 Å². The molecule has 2 N–H and O–H groups in total. The van der Waals surface area contributed by atoms with Gasteiger partial charge in [0.2, 0.25) is 0 Å². The lowest BCUT2D eigenvalue weighted by molar-refractivity contribution is 0.402. The van der Waals surface area contributed by atoms with Gasteiger partial charge in [0.1, 0.15) is 0 Å². The summed E-state index contributed by atoms with van der Waals surface area (Å²) in [6, 6.07) is 11.4. The predicted molar refractivity (Wildman–Crippen MR) is 83.1 cm³/mol. The van der Waals surface area contributed by atoms with Crippen LogP contribution in [0.3, 0.4) is 0 Å². The van der Waals surface area contributed by atoms with Gasteiger partial charge >= 0.3 is 0 Å². The van der Waals surface area contributed by atoms with Gasteiger partial charge in [0.05, 0.1) is 5.69 Å². The Morgan fingerprint density at radius 2 is 1.45 bits per heavy atom. The van der Waals surface area contributed by atoms with E-state index in [1.54, 1.807) is 12.1 Å². The molecule has 2 aromatic carbocycles. The molecule has 0 radical (unpaired) electrons. The van der Waals surface area contributed by atoms with Crippen molar-refractivity contribution >= 4 is 18.3 Å². The van der Waals surface area contributed by atoms with Gasteiger partial charge < -0.3 is 15.1 Å². The van der Waals surface area contributed by atoms with E-state index in [1.165, 1.54) is 0 Å². The first-order valence-electron chi connectivity index (χ1n) is 6.72. The monoisotopic (exact) mass is 287 g/mol. The molecule has 0 fully saturated rings. The maximum absolute atomic E-state index is 9.62. The highest BCUT2D eigenvalue weighted by Gasteiger charge is 2.17. The number of hydrogen-bond donors (Lipinski definition) is 3. The van der Waals surface area contributed by atoms with Crippen LogP contribution in [-0.4, -0.2) is 23.3 Å². The number of nitrogens with zero attached hydrogens (tertiary/aromatic N) is 1. The maximum Gasteiger partial charge on any atom is 0.157 e. The van der Waals surface area contributed by atoms with E-state index in [0.717, 1.165) is 47.6 Å². The van der Waals surface area contributed by atoms with E-state index in [0.29, 0.717) is 0 Å². The molecule has 104 valence electrons. The van der Waals surface area contributed by atoms with Crippen LogP contribution in [0.2, 0.25) is 0 Å². The molecule has 0 amide bonds. The molecule has 20 heavy (non-hydrogen) atoms. The van der Waals surface area contributed by atoms with Crippen molar-refractivity contribution in [3.05, 3.63) is 47.5 Å². The fourth-order valence-corrected chi connectivity index (χ4v) is 3.03. The van der Waals surface area contributed by atoms with Crippen LogP contribution in [0.15, 0.2) is 41.3 Å².